The number of nitrogens with one attached hydrogen (secondary N) is 2. The van der Waals surface area contributed by atoms with E-state index >= 15 is 0 Å². The van der Waals surface area contributed by atoms with Crippen molar-refractivity contribution in [3.8, 4) is 10.4 Å². The van der Waals surface area contributed by atoms with E-state index in [0.29, 0.717) is 0 Å². The normalized spacial score (nSPS) is 13.9. The summed E-state index contributed by atoms with van der Waals surface area (Å²) in [6, 6.07) is 2.11. The molecular formula is C14H11N3OS. The van der Waals surface area contributed by atoms with Crippen molar-refractivity contribution in [2.45, 2.75) is 12.8 Å². The Balaban J connectivity index is 2.06. The summed E-state index contributed by atoms with van der Waals surface area (Å²) in [5.74, 6) is 0. The van der Waals surface area contributed by atoms with Crippen LogP contribution >= 0.6 is 11.3 Å². The van der Waals surface area contributed by atoms with Gasteiger partial charge >= 0.3 is 0 Å². The number of pyridine rings is 1. The highest BCUT2D eigenvalue weighted by Gasteiger charge is 2.15. The Bertz CT molecular complexity index is 840. The van der Waals surface area contributed by atoms with Gasteiger partial charge in [0, 0.05) is 27.7 Å². The van der Waals surface area contributed by atoms with E-state index in [1.807, 2.05) is 12.3 Å². The molecule has 1 aliphatic rings. The van der Waals surface area contributed by atoms with Crippen LogP contribution in [0.15, 0.2) is 29.3 Å². The average Bonchev–Trinajstić information content (AvgIpc) is 3.08. The predicted octanol–water partition coefficient (Wildman–Crippen LogP) is 2.94. The van der Waals surface area contributed by atoms with E-state index in [-0.39, 0.29) is 5.56 Å². The summed E-state index contributed by atoms with van der Waals surface area (Å²) in [5.41, 5.74) is 3.24. The number of hydrogen-bond donors (Lipinski definition) is 2. The molecule has 5 heteroatoms. The molecule has 0 unspecified atom stereocenters. The largest absolute Gasteiger partial charge is 0.321 e. The molecule has 4 rings (SSSR count). The third-order valence-corrected chi connectivity index (χ3v) is 4.65. The second kappa shape index (κ2) is 3.93. The molecule has 4 nitrogen and oxygen atoms in total. The predicted molar refractivity (Wildman–Crippen MR) is 77.4 cm³/mol. The molecule has 94 valence electrons. The summed E-state index contributed by atoms with van der Waals surface area (Å²) in [4.78, 5) is 16.2. The molecule has 0 atom stereocenters. The van der Waals surface area contributed by atoms with Crippen LogP contribution in [0.2, 0.25) is 0 Å². The minimum Gasteiger partial charge on any atom is -0.321 e. The third-order valence-electron chi connectivity index (χ3n) is 3.47. The van der Waals surface area contributed by atoms with Gasteiger partial charge in [0.15, 0.2) is 0 Å². The van der Waals surface area contributed by atoms with Gasteiger partial charge in [0.2, 0.25) is 0 Å². The maximum Gasteiger partial charge on any atom is 0.266 e. The molecule has 0 bridgehead atoms. The number of nitrogens with zero attached hydrogens (tertiary/aromatic N) is 1. The van der Waals surface area contributed by atoms with Crippen LogP contribution in [0.5, 0.6) is 0 Å². The SMILES string of the molecule is O=c1[nH]c2c(c3cc(-c4cn[nH]c4)sc13)CCC=C2. The van der Waals surface area contributed by atoms with Crippen LogP contribution in [0.4, 0.5) is 0 Å². The van der Waals surface area contributed by atoms with Crippen molar-refractivity contribution in [2.24, 2.45) is 0 Å². The van der Waals surface area contributed by atoms with Gasteiger partial charge in [-0.25, -0.2) is 0 Å². The van der Waals surface area contributed by atoms with E-state index < -0.39 is 0 Å². The molecular weight excluding hydrogens is 258 g/mol. The lowest BCUT2D eigenvalue weighted by Gasteiger charge is -2.10. The molecule has 3 heterocycles. The van der Waals surface area contributed by atoms with E-state index in [9.17, 15) is 4.79 Å². The van der Waals surface area contributed by atoms with Gasteiger partial charge in [-0.2, -0.15) is 5.10 Å². The van der Waals surface area contributed by atoms with E-state index in [0.717, 1.165) is 39.1 Å². The molecule has 0 radical (unpaired) electrons. The first-order valence-corrected chi connectivity index (χ1v) is 6.99. The van der Waals surface area contributed by atoms with E-state index in [4.69, 9.17) is 0 Å². The van der Waals surface area contributed by atoms with Crippen molar-refractivity contribution in [2.75, 3.05) is 0 Å². The molecule has 0 spiro atoms. The zero-order chi connectivity index (χ0) is 12.8. The second-order valence-corrected chi connectivity index (χ2v) is 5.68. The molecule has 1 aliphatic carbocycles. The lowest BCUT2D eigenvalue weighted by Crippen LogP contribution is -2.10. The van der Waals surface area contributed by atoms with Gasteiger partial charge in [-0.05, 0) is 30.5 Å². The molecule has 0 saturated heterocycles. The van der Waals surface area contributed by atoms with Crippen LogP contribution in [0.1, 0.15) is 17.7 Å². The third kappa shape index (κ3) is 1.58. The van der Waals surface area contributed by atoms with Crippen molar-refractivity contribution in [1.82, 2.24) is 15.2 Å². The summed E-state index contributed by atoms with van der Waals surface area (Å²) in [7, 11) is 0. The molecule has 0 aromatic carbocycles. The summed E-state index contributed by atoms with van der Waals surface area (Å²) in [6.07, 6.45) is 9.77. The minimum atomic E-state index is 0.0000416. The van der Waals surface area contributed by atoms with E-state index in [1.54, 1.807) is 6.20 Å². The van der Waals surface area contributed by atoms with Crippen LogP contribution in [0.3, 0.4) is 0 Å². The molecule has 3 aromatic heterocycles. The van der Waals surface area contributed by atoms with Crippen LogP contribution in [0.25, 0.3) is 26.6 Å². The van der Waals surface area contributed by atoms with Crippen LogP contribution < -0.4 is 5.56 Å². The van der Waals surface area contributed by atoms with Gasteiger partial charge in [-0.15, -0.1) is 11.3 Å². The Hall–Kier alpha value is -2.14. The Labute approximate surface area is 112 Å². The maximum atomic E-state index is 12.1. The first kappa shape index (κ1) is 10.8. The smallest absolute Gasteiger partial charge is 0.266 e. The summed E-state index contributed by atoms with van der Waals surface area (Å²) < 4.78 is 0.810. The van der Waals surface area contributed by atoms with Crippen molar-refractivity contribution in [1.29, 1.82) is 0 Å². The molecule has 19 heavy (non-hydrogen) atoms. The van der Waals surface area contributed by atoms with E-state index in [1.165, 1.54) is 16.9 Å². The highest BCUT2D eigenvalue weighted by Crippen LogP contribution is 2.35. The van der Waals surface area contributed by atoms with E-state index in [2.05, 4.69) is 27.3 Å². The number of aryl methyl sites for hydroxylation is 1. The fourth-order valence-corrected chi connectivity index (χ4v) is 3.61. The Morgan fingerprint density at radius 3 is 3.16 bits per heavy atom. The van der Waals surface area contributed by atoms with Gasteiger partial charge in [0.1, 0.15) is 4.70 Å². The maximum absolute atomic E-state index is 12.1. The first-order chi connectivity index (χ1) is 9.33. The topological polar surface area (TPSA) is 61.5 Å². The molecule has 3 aromatic rings. The monoisotopic (exact) mass is 269 g/mol. The molecule has 0 amide bonds. The lowest BCUT2D eigenvalue weighted by atomic mass is 9.99. The minimum absolute atomic E-state index is 0.0000416. The van der Waals surface area contributed by atoms with Crippen molar-refractivity contribution in [3.05, 3.63) is 46.1 Å². The molecule has 0 fully saturated rings. The number of allylic oxidation sites excluding steroid dienone is 1. The zero-order valence-corrected chi connectivity index (χ0v) is 10.9. The van der Waals surface area contributed by atoms with Crippen LogP contribution in [-0.2, 0) is 6.42 Å². The van der Waals surface area contributed by atoms with Gasteiger partial charge in [-0.3, -0.25) is 9.89 Å². The van der Waals surface area contributed by atoms with Crippen molar-refractivity contribution >= 4 is 27.5 Å². The molecule has 2 N–H and O–H groups in total. The number of aromatic amines is 2. The van der Waals surface area contributed by atoms with Gasteiger partial charge < -0.3 is 4.98 Å². The second-order valence-electron chi connectivity index (χ2n) is 4.63. The lowest BCUT2D eigenvalue weighted by molar-refractivity contribution is 0.974. The standard InChI is InChI=1S/C14H11N3OS/c18-14-13-10(9-3-1-2-4-11(9)17-14)5-12(19-13)8-6-15-16-7-8/h2,4-7H,1,3H2,(H,15,16)(H,17,18). The number of aromatic nitrogens is 3. The Morgan fingerprint density at radius 1 is 1.37 bits per heavy atom. The summed E-state index contributed by atoms with van der Waals surface area (Å²) in [5, 5.41) is 7.86. The average molecular weight is 269 g/mol. The first-order valence-electron chi connectivity index (χ1n) is 6.17. The summed E-state index contributed by atoms with van der Waals surface area (Å²) >= 11 is 1.53. The Kier molecular flexibility index (Phi) is 2.22. The number of H-pyrrole nitrogens is 2. The fraction of sp³-hybridized carbons (Fsp3) is 0.143. The number of fused-ring (bicyclic) bond motifs is 3. The highest BCUT2D eigenvalue weighted by molar-refractivity contribution is 7.22. The number of hydrogen-bond acceptors (Lipinski definition) is 3. The molecule has 0 saturated carbocycles. The number of rotatable bonds is 1. The Morgan fingerprint density at radius 2 is 2.32 bits per heavy atom. The van der Waals surface area contributed by atoms with Gasteiger partial charge in [-0.1, -0.05) is 6.08 Å². The van der Waals surface area contributed by atoms with Gasteiger partial charge in [0.05, 0.1) is 6.20 Å². The zero-order valence-electron chi connectivity index (χ0n) is 10.1. The van der Waals surface area contributed by atoms with Crippen molar-refractivity contribution in [3.63, 3.8) is 0 Å². The van der Waals surface area contributed by atoms with Crippen LogP contribution in [0, 0.1) is 0 Å². The quantitative estimate of drug-likeness (QED) is 0.713. The fourth-order valence-electron chi connectivity index (χ4n) is 2.55. The summed E-state index contributed by atoms with van der Waals surface area (Å²) in [6.45, 7) is 0. The number of thiophene rings is 1. The van der Waals surface area contributed by atoms with Crippen LogP contribution in [-0.4, -0.2) is 15.2 Å². The highest BCUT2D eigenvalue weighted by atomic mass is 32.1. The van der Waals surface area contributed by atoms with Gasteiger partial charge in [0.25, 0.3) is 5.56 Å². The molecule has 0 aliphatic heterocycles. The van der Waals surface area contributed by atoms with Crippen molar-refractivity contribution < 1.29 is 0 Å².